The van der Waals surface area contributed by atoms with E-state index in [1.54, 1.807) is 31.3 Å². The molecule has 1 aliphatic heterocycles. The van der Waals surface area contributed by atoms with Crippen LogP contribution in [0.25, 0.3) is 0 Å². The van der Waals surface area contributed by atoms with Crippen LogP contribution in [0.3, 0.4) is 0 Å². The predicted octanol–water partition coefficient (Wildman–Crippen LogP) is 5.19. The Balaban J connectivity index is 1.92. The van der Waals surface area contributed by atoms with Crippen LogP contribution >= 0.6 is 11.6 Å². The average molecular weight is 426 g/mol. The molecule has 0 N–H and O–H groups in total. The molecular formula is C24H24ClNO4. The van der Waals surface area contributed by atoms with Crippen LogP contribution in [0.5, 0.6) is 11.5 Å². The Morgan fingerprint density at radius 1 is 1.03 bits per heavy atom. The quantitative estimate of drug-likeness (QED) is 0.676. The fourth-order valence-corrected chi connectivity index (χ4v) is 4.64. The minimum absolute atomic E-state index is 0.0521. The summed E-state index contributed by atoms with van der Waals surface area (Å²) in [5, 5.41) is 0.560. The van der Waals surface area contributed by atoms with Gasteiger partial charge in [0, 0.05) is 40.6 Å². The highest BCUT2D eigenvalue weighted by Crippen LogP contribution is 2.47. The summed E-state index contributed by atoms with van der Waals surface area (Å²) in [6.45, 7) is 1.95. The van der Waals surface area contributed by atoms with Crippen molar-refractivity contribution in [1.29, 1.82) is 0 Å². The molecule has 1 unspecified atom stereocenters. The van der Waals surface area contributed by atoms with Crippen molar-refractivity contribution in [3.8, 4) is 11.5 Å². The van der Waals surface area contributed by atoms with Crippen LogP contribution in [0, 0.1) is 6.92 Å². The number of hydrogen-bond acceptors (Lipinski definition) is 4. The molecule has 156 valence electrons. The summed E-state index contributed by atoms with van der Waals surface area (Å²) in [7, 11) is 3.19. The predicted molar refractivity (Wildman–Crippen MR) is 116 cm³/mol. The van der Waals surface area contributed by atoms with Crippen LogP contribution in [0.1, 0.15) is 42.7 Å². The number of amides is 1. The van der Waals surface area contributed by atoms with E-state index in [1.165, 1.54) is 0 Å². The molecule has 6 heteroatoms. The molecule has 0 aromatic heterocycles. The Morgan fingerprint density at radius 3 is 2.57 bits per heavy atom. The molecule has 0 radical (unpaired) electrons. The Morgan fingerprint density at radius 2 is 1.83 bits per heavy atom. The molecule has 0 spiro atoms. The van der Waals surface area contributed by atoms with Gasteiger partial charge in [0.05, 0.1) is 19.9 Å². The summed E-state index contributed by atoms with van der Waals surface area (Å²) in [5.74, 6) is 0.982. The number of carbonyl (C=O) groups excluding carboxylic acids is 2. The van der Waals surface area contributed by atoms with E-state index in [-0.39, 0.29) is 24.0 Å². The van der Waals surface area contributed by atoms with Crippen LogP contribution in [-0.4, -0.2) is 25.9 Å². The number of halogens is 1. The molecule has 2 aliphatic rings. The first-order valence-corrected chi connectivity index (χ1v) is 10.4. The molecule has 0 fully saturated rings. The second-order valence-corrected chi connectivity index (χ2v) is 8.10. The highest BCUT2D eigenvalue weighted by Gasteiger charge is 2.41. The van der Waals surface area contributed by atoms with Crippen molar-refractivity contribution in [2.24, 2.45) is 0 Å². The van der Waals surface area contributed by atoms with Gasteiger partial charge in [-0.15, -0.1) is 0 Å². The lowest BCUT2D eigenvalue weighted by molar-refractivity contribution is -0.119. The SMILES string of the molecule is COc1ccc(OC)c(C2CC(=O)N(c3cc(Cl)ccc3C)C3=C2C(=O)CCC3)c1. The second-order valence-electron chi connectivity index (χ2n) is 7.66. The molecule has 0 saturated heterocycles. The van der Waals surface area contributed by atoms with Gasteiger partial charge < -0.3 is 9.47 Å². The van der Waals surface area contributed by atoms with Crippen molar-refractivity contribution < 1.29 is 19.1 Å². The van der Waals surface area contributed by atoms with E-state index in [4.69, 9.17) is 21.1 Å². The van der Waals surface area contributed by atoms with Gasteiger partial charge >= 0.3 is 0 Å². The van der Waals surface area contributed by atoms with E-state index >= 15 is 0 Å². The number of aryl methyl sites for hydroxylation is 1. The van der Waals surface area contributed by atoms with E-state index in [9.17, 15) is 9.59 Å². The van der Waals surface area contributed by atoms with E-state index < -0.39 is 0 Å². The number of hydrogen-bond donors (Lipinski definition) is 0. The molecule has 1 atom stereocenters. The Labute approximate surface area is 181 Å². The van der Waals surface area contributed by atoms with Gasteiger partial charge in [-0.05, 0) is 55.7 Å². The summed E-state index contributed by atoms with van der Waals surface area (Å²) in [6.07, 6.45) is 2.06. The molecular weight excluding hydrogens is 402 g/mol. The number of nitrogens with zero attached hydrogens (tertiary/aromatic N) is 1. The molecule has 5 nitrogen and oxygen atoms in total. The van der Waals surface area contributed by atoms with E-state index in [0.29, 0.717) is 34.9 Å². The molecule has 1 heterocycles. The number of rotatable bonds is 4. The molecule has 2 aromatic rings. The summed E-state index contributed by atoms with van der Waals surface area (Å²) in [4.78, 5) is 28.2. The first kappa shape index (κ1) is 20.5. The largest absolute Gasteiger partial charge is 0.497 e. The zero-order valence-corrected chi connectivity index (χ0v) is 18.1. The highest BCUT2D eigenvalue weighted by atomic mass is 35.5. The van der Waals surface area contributed by atoms with Crippen molar-refractivity contribution in [2.75, 3.05) is 19.1 Å². The molecule has 1 amide bonds. The molecule has 0 bridgehead atoms. The smallest absolute Gasteiger partial charge is 0.232 e. The Hall–Kier alpha value is -2.79. The maximum absolute atomic E-state index is 13.4. The van der Waals surface area contributed by atoms with Crippen LogP contribution in [0.15, 0.2) is 47.7 Å². The zero-order valence-electron chi connectivity index (χ0n) is 17.3. The van der Waals surface area contributed by atoms with Crippen LogP contribution < -0.4 is 14.4 Å². The van der Waals surface area contributed by atoms with Crippen LogP contribution in [-0.2, 0) is 9.59 Å². The zero-order chi connectivity index (χ0) is 21.4. The maximum Gasteiger partial charge on any atom is 0.232 e. The number of Topliss-reactive ketones (excluding diaryl/α,β-unsaturated/α-hetero) is 1. The fourth-order valence-electron chi connectivity index (χ4n) is 4.47. The fraction of sp³-hybridized carbons (Fsp3) is 0.333. The monoisotopic (exact) mass is 425 g/mol. The number of carbonyl (C=O) groups is 2. The average Bonchev–Trinajstić information content (AvgIpc) is 2.75. The Bertz CT molecular complexity index is 1060. The summed E-state index contributed by atoms with van der Waals surface area (Å²) < 4.78 is 11.0. The summed E-state index contributed by atoms with van der Waals surface area (Å²) >= 11 is 6.23. The lowest BCUT2D eigenvalue weighted by Crippen LogP contribution is -2.41. The topological polar surface area (TPSA) is 55.8 Å². The van der Waals surface area contributed by atoms with E-state index in [2.05, 4.69) is 0 Å². The standard InChI is InChI=1S/C24H24ClNO4/c1-14-7-8-15(25)11-20(14)26-19-5-4-6-21(27)24(19)18(13-23(26)28)17-12-16(29-2)9-10-22(17)30-3/h7-12,18H,4-6,13H2,1-3H3. The van der Waals surface area contributed by atoms with Crippen molar-refractivity contribution in [3.63, 3.8) is 0 Å². The number of ether oxygens (including phenoxy) is 2. The Kier molecular flexibility index (Phi) is 5.56. The minimum Gasteiger partial charge on any atom is -0.497 e. The number of benzene rings is 2. The third-order valence-electron chi connectivity index (χ3n) is 5.90. The van der Waals surface area contributed by atoms with Crippen molar-refractivity contribution in [1.82, 2.24) is 0 Å². The van der Waals surface area contributed by atoms with E-state index in [1.807, 2.05) is 31.2 Å². The molecule has 0 saturated carbocycles. The third-order valence-corrected chi connectivity index (χ3v) is 6.13. The van der Waals surface area contributed by atoms with E-state index in [0.717, 1.165) is 28.9 Å². The van der Waals surface area contributed by atoms with Gasteiger partial charge in [0.15, 0.2) is 5.78 Å². The number of methoxy groups -OCH3 is 2. The van der Waals surface area contributed by atoms with Gasteiger partial charge in [0.2, 0.25) is 5.91 Å². The van der Waals surface area contributed by atoms with Crippen LogP contribution in [0.2, 0.25) is 5.02 Å². The first-order chi connectivity index (χ1) is 14.4. The summed E-state index contributed by atoms with van der Waals surface area (Å²) in [5.41, 5.74) is 3.96. The number of ketones is 1. The van der Waals surface area contributed by atoms with Gasteiger partial charge in [-0.2, -0.15) is 0 Å². The molecule has 2 aromatic carbocycles. The lowest BCUT2D eigenvalue weighted by Gasteiger charge is -2.39. The normalized spacial score (nSPS) is 19.1. The first-order valence-electron chi connectivity index (χ1n) is 10.0. The molecule has 1 aliphatic carbocycles. The number of anilines is 1. The maximum atomic E-state index is 13.4. The van der Waals surface area contributed by atoms with Gasteiger partial charge in [-0.25, -0.2) is 0 Å². The van der Waals surface area contributed by atoms with Crippen molar-refractivity contribution >= 4 is 29.0 Å². The van der Waals surface area contributed by atoms with Gasteiger partial charge in [-0.3, -0.25) is 14.5 Å². The van der Waals surface area contributed by atoms with Gasteiger partial charge in [-0.1, -0.05) is 17.7 Å². The number of allylic oxidation sites excluding steroid dienone is 2. The molecule has 30 heavy (non-hydrogen) atoms. The van der Waals surface area contributed by atoms with Crippen LogP contribution in [0.4, 0.5) is 5.69 Å². The minimum atomic E-state index is -0.360. The third kappa shape index (κ3) is 3.47. The van der Waals surface area contributed by atoms with Crippen molar-refractivity contribution in [3.05, 3.63) is 63.8 Å². The second kappa shape index (κ2) is 8.15. The highest BCUT2D eigenvalue weighted by molar-refractivity contribution is 6.31. The van der Waals surface area contributed by atoms with Gasteiger partial charge in [0.1, 0.15) is 11.5 Å². The van der Waals surface area contributed by atoms with Gasteiger partial charge in [0.25, 0.3) is 0 Å². The lowest BCUT2D eigenvalue weighted by atomic mass is 9.76. The van der Waals surface area contributed by atoms with Crippen molar-refractivity contribution in [2.45, 2.75) is 38.5 Å². The summed E-state index contributed by atoms with van der Waals surface area (Å²) in [6, 6.07) is 11.0. The molecule has 4 rings (SSSR count).